The zero-order valence-electron chi connectivity index (χ0n) is 14.9. The summed E-state index contributed by atoms with van der Waals surface area (Å²) in [6.07, 6.45) is 11.8. The fourth-order valence-electron chi connectivity index (χ4n) is 3.33. The number of aliphatic imine (C=N–C) groups is 1. The highest BCUT2D eigenvalue weighted by atomic mass is 16.1. The van der Waals surface area contributed by atoms with Gasteiger partial charge in [0.2, 0.25) is 5.91 Å². The number of hydrogen-bond acceptors (Lipinski definition) is 2. The van der Waals surface area contributed by atoms with E-state index < -0.39 is 0 Å². The molecular weight excluding hydrogens is 274 g/mol. The Bertz CT molecular complexity index is 403. The third-order valence-electron chi connectivity index (χ3n) is 4.67. The van der Waals surface area contributed by atoms with Crippen molar-refractivity contribution in [1.29, 1.82) is 0 Å². The SMILES string of the molecule is CCC/C=C/CCCCC1=NCC[N+]1(CC)C(C)NC(C)=O. The minimum Gasteiger partial charge on any atom is -0.307 e. The monoisotopic (exact) mass is 308 g/mol. The summed E-state index contributed by atoms with van der Waals surface area (Å²) in [5, 5.41) is 3.07. The quantitative estimate of drug-likeness (QED) is 0.374. The van der Waals surface area contributed by atoms with Gasteiger partial charge in [-0.2, -0.15) is 0 Å². The van der Waals surface area contributed by atoms with E-state index >= 15 is 0 Å². The fraction of sp³-hybridized carbons (Fsp3) is 0.778. The van der Waals surface area contributed by atoms with Gasteiger partial charge in [-0.3, -0.25) is 9.28 Å². The third-order valence-corrected chi connectivity index (χ3v) is 4.67. The van der Waals surface area contributed by atoms with E-state index in [1.54, 1.807) is 6.92 Å². The molecule has 1 aliphatic rings. The second kappa shape index (κ2) is 9.78. The van der Waals surface area contributed by atoms with Crippen LogP contribution in [0, 0.1) is 0 Å². The number of carbonyl (C=O) groups is 1. The second-order valence-corrected chi connectivity index (χ2v) is 6.25. The summed E-state index contributed by atoms with van der Waals surface area (Å²) in [5.74, 6) is 1.33. The van der Waals surface area contributed by atoms with Gasteiger partial charge >= 0.3 is 0 Å². The maximum atomic E-state index is 11.4. The number of nitrogens with one attached hydrogen (secondary N) is 1. The molecule has 1 amide bonds. The Balaban J connectivity index is 2.48. The highest BCUT2D eigenvalue weighted by molar-refractivity contribution is 5.78. The van der Waals surface area contributed by atoms with Crippen LogP contribution in [0.5, 0.6) is 0 Å². The van der Waals surface area contributed by atoms with Crippen LogP contribution in [0.2, 0.25) is 0 Å². The highest BCUT2D eigenvalue weighted by Gasteiger charge is 2.41. The Morgan fingerprint density at radius 3 is 2.68 bits per heavy atom. The fourth-order valence-corrected chi connectivity index (χ4v) is 3.33. The zero-order valence-corrected chi connectivity index (χ0v) is 14.9. The van der Waals surface area contributed by atoms with E-state index in [2.05, 4.69) is 38.2 Å². The maximum absolute atomic E-state index is 11.4. The second-order valence-electron chi connectivity index (χ2n) is 6.25. The van der Waals surface area contributed by atoms with Crippen LogP contribution in [-0.4, -0.2) is 42.0 Å². The average molecular weight is 308 g/mol. The number of carbonyl (C=O) groups excluding carboxylic acids is 1. The highest BCUT2D eigenvalue weighted by Crippen LogP contribution is 2.22. The molecule has 0 saturated carbocycles. The van der Waals surface area contributed by atoms with Crippen molar-refractivity contribution in [3.63, 3.8) is 0 Å². The topological polar surface area (TPSA) is 41.5 Å². The normalized spacial score (nSPS) is 22.8. The average Bonchev–Trinajstić information content (AvgIpc) is 2.90. The molecule has 4 nitrogen and oxygen atoms in total. The first-order chi connectivity index (χ1) is 10.6. The molecule has 0 bridgehead atoms. The zero-order chi connectivity index (χ0) is 16.4. The molecule has 0 fully saturated rings. The number of allylic oxidation sites excluding steroid dienone is 2. The first kappa shape index (κ1) is 18.9. The van der Waals surface area contributed by atoms with Crippen LogP contribution in [-0.2, 0) is 4.79 Å². The van der Waals surface area contributed by atoms with Gasteiger partial charge in [-0.25, -0.2) is 4.99 Å². The van der Waals surface area contributed by atoms with Crippen molar-refractivity contribution >= 4 is 11.7 Å². The first-order valence-corrected chi connectivity index (χ1v) is 8.89. The van der Waals surface area contributed by atoms with E-state index in [9.17, 15) is 4.79 Å². The Morgan fingerprint density at radius 2 is 2.05 bits per heavy atom. The maximum Gasteiger partial charge on any atom is 0.221 e. The van der Waals surface area contributed by atoms with E-state index in [-0.39, 0.29) is 12.1 Å². The molecule has 1 N–H and O–H groups in total. The minimum absolute atomic E-state index is 0.0470. The van der Waals surface area contributed by atoms with E-state index in [0.29, 0.717) is 0 Å². The Labute approximate surface area is 136 Å². The largest absolute Gasteiger partial charge is 0.307 e. The van der Waals surface area contributed by atoms with Gasteiger partial charge in [-0.1, -0.05) is 25.5 Å². The van der Waals surface area contributed by atoms with E-state index in [1.165, 1.54) is 37.9 Å². The molecule has 0 radical (unpaired) electrons. The lowest BCUT2D eigenvalue weighted by Crippen LogP contribution is -2.62. The Hall–Kier alpha value is -1.16. The van der Waals surface area contributed by atoms with Gasteiger partial charge in [0.1, 0.15) is 6.54 Å². The van der Waals surface area contributed by atoms with Gasteiger partial charge in [0.05, 0.1) is 13.1 Å². The van der Waals surface area contributed by atoms with Crippen molar-refractivity contribution in [3.8, 4) is 0 Å². The minimum atomic E-state index is 0.0470. The van der Waals surface area contributed by atoms with Crippen LogP contribution in [0.4, 0.5) is 0 Å². The van der Waals surface area contributed by atoms with Gasteiger partial charge in [-0.15, -0.1) is 0 Å². The molecule has 0 aromatic heterocycles. The summed E-state index contributed by atoms with van der Waals surface area (Å²) in [7, 11) is 0. The molecule has 0 aromatic rings. The molecule has 1 rings (SSSR count). The molecule has 126 valence electrons. The Morgan fingerprint density at radius 1 is 1.32 bits per heavy atom. The van der Waals surface area contributed by atoms with Crippen LogP contribution in [0.1, 0.15) is 66.2 Å². The molecule has 4 heteroatoms. The predicted molar refractivity (Wildman–Crippen MR) is 93.8 cm³/mol. The Kier molecular flexibility index (Phi) is 8.39. The predicted octanol–water partition coefficient (Wildman–Crippen LogP) is 3.63. The van der Waals surface area contributed by atoms with Crippen molar-refractivity contribution in [1.82, 2.24) is 5.32 Å². The number of hydrogen-bond donors (Lipinski definition) is 1. The van der Waals surface area contributed by atoms with Crippen molar-refractivity contribution in [2.24, 2.45) is 4.99 Å². The summed E-state index contributed by atoms with van der Waals surface area (Å²) in [4.78, 5) is 16.1. The van der Waals surface area contributed by atoms with Crippen LogP contribution >= 0.6 is 0 Å². The molecule has 22 heavy (non-hydrogen) atoms. The molecule has 1 heterocycles. The number of rotatable bonds is 10. The molecular formula is C18H34N3O+. The molecule has 2 atom stereocenters. The summed E-state index contributed by atoms with van der Waals surface area (Å²) in [6, 6.07) is 0. The summed E-state index contributed by atoms with van der Waals surface area (Å²) in [5.41, 5.74) is 0. The van der Waals surface area contributed by atoms with Gasteiger partial charge < -0.3 is 5.32 Å². The molecule has 0 spiro atoms. The smallest absolute Gasteiger partial charge is 0.221 e. The number of amidine groups is 1. The van der Waals surface area contributed by atoms with Crippen LogP contribution < -0.4 is 5.32 Å². The summed E-state index contributed by atoms with van der Waals surface area (Å²) < 4.78 is 0.839. The van der Waals surface area contributed by atoms with Crippen LogP contribution in [0.25, 0.3) is 0 Å². The lowest BCUT2D eigenvalue weighted by atomic mass is 10.1. The van der Waals surface area contributed by atoms with Gasteiger partial charge in [-0.05, 0) is 32.6 Å². The molecule has 0 aliphatic carbocycles. The van der Waals surface area contributed by atoms with E-state index in [1.807, 2.05) is 0 Å². The summed E-state index contributed by atoms with van der Waals surface area (Å²) in [6.45, 7) is 11.0. The first-order valence-electron chi connectivity index (χ1n) is 8.89. The van der Waals surface area contributed by atoms with Crippen molar-refractivity contribution in [3.05, 3.63) is 12.2 Å². The molecule has 1 aliphatic heterocycles. The van der Waals surface area contributed by atoms with Crippen molar-refractivity contribution in [2.45, 2.75) is 72.4 Å². The number of unbranched alkanes of at least 4 members (excludes halogenated alkanes) is 3. The van der Waals surface area contributed by atoms with Crippen molar-refractivity contribution < 1.29 is 9.28 Å². The van der Waals surface area contributed by atoms with E-state index in [4.69, 9.17) is 4.99 Å². The lowest BCUT2D eigenvalue weighted by molar-refractivity contribution is -0.861. The number of quaternary nitrogens is 1. The standard InChI is InChI=1S/C18H33N3O/c1-5-7-8-9-10-11-12-13-18-19-14-15-21(18,6-2)16(3)20-17(4)22/h8-9,16H,5-7,10-15H2,1-4H3/p+1/b9-8+. The molecule has 0 aromatic carbocycles. The van der Waals surface area contributed by atoms with Crippen LogP contribution in [0.3, 0.4) is 0 Å². The number of amides is 1. The van der Waals surface area contributed by atoms with Gasteiger partial charge in [0.25, 0.3) is 0 Å². The van der Waals surface area contributed by atoms with E-state index in [0.717, 1.165) is 30.5 Å². The van der Waals surface area contributed by atoms with Gasteiger partial charge in [0.15, 0.2) is 12.0 Å². The number of nitrogens with zero attached hydrogens (tertiary/aromatic N) is 2. The molecule has 2 unspecified atom stereocenters. The van der Waals surface area contributed by atoms with Gasteiger partial charge in [0, 0.05) is 20.3 Å². The third kappa shape index (κ3) is 5.24. The van der Waals surface area contributed by atoms with Crippen molar-refractivity contribution in [2.75, 3.05) is 19.6 Å². The molecule has 0 saturated heterocycles. The van der Waals surface area contributed by atoms with Crippen LogP contribution in [0.15, 0.2) is 17.1 Å². The summed E-state index contributed by atoms with van der Waals surface area (Å²) >= 11 is 0. The number of likely N-dealkylation sites (N-methyl/N-ethyl adjacent to an activating group) is 1. The lowest BCUT2D eigenvalue weighted by Gasteiger charge is -2.39.